The first-order valence-corrected chi connectivity index (χ1v) is 7.37. The van der Waals surface area contributed by atoms with Crippen molar-refractivity contribution in [2.75, 3.05) is 6.54 Å². The molecule has 0 aliphatic heterocycles. The maximum absolute atomic E-state index is 11.9. The van der Waals surface area contributed by atoms with E-state index in [0.717, 1.165) is 25.7 Å². The molecule has 2 rings (SSSR count). The minimum absolute atomic E-state index is 0.216. The molecule has 1 aromatic rings. The fraction of sp³-hybridized carbons (Fsp3) is 0.562. The van der Waals surface area contributed by atoms with Crippen LogP contribution in [0.1, 0.15) is 43.8 Å². The zero-order valence-corrected chi connectivity index (χ0v) is 11.7. The molecule has 1 amide bonds. The van der Waals surface area contributed by atoms with E-state index in [1.165, 1.54) is 6.42 Å². The smallest absolute Gasteiger partial charge is 0.253 e. The molecule has 0 unspecified atom stereocenters. The van der Waals surface area contributed by atoms with Crippen molar-refractivity contribution in [1.29, 1.82) is 0 Å². The van der Waals surface area contributed by atoms with E-state index in [0.29, 0.717) is 5.56 Å². The van der Waals surface area contributed by atoms with Gasteiger partial charge in [-0.2, -0.15) is 0 Å². The van der Waals surface area contributed by atoms with Crippen molar-refractivity contribution in [3.8, 4) is 0 Å². The third-order valence-electron chi connectivity index (χ3n) is 4.04. The Morgan fingerprint density at radius 2 is 1.80 bits per heavy atom. The molecule has 3 N–H and O–H groups in total. The average Bonchev–Trinajstić information content (AvgIpc) is 2.53. The summed E-state index contributed by atoms with van der Waals surface area (Å²) in [6, 6.07) is 8.82. The number of amides is 1. The second-order valence-corrected chi connectivity index (χ2v) is 5.52. The molecule has 0 radical (unpaired) electrons. The third kappa shape index (κ3) is 4.05. The Bertz CT molecular complexity index is 415. The number of nitrogens with one attached hydrogen (secondary N) is 1. The summed E-state index contributed by atoms with van der Waals surface area (Å²) in [6.07, 6.45) is 3.92. The van der Waals surface area contributed by atoms with E-state index in [9.17, 15) is 15.0 Å². The lowest BCUT2D eigenvalue weighted by molar-refractivity contribution is -0.130. The lowest BCUT2D eigenvalue weighted by Gasteiger charge is -2.27. The Hall–Kier alpha value is -1.39. The molecule has 20 heavy (non-hydrogen) atoms. The number of carbonyl (C=O) groups is 1. The van der Waals surface area contributed by atoms with Crippen LogP contribution in [0, 0.1) is 5.92 Å². The Morgan fingerprint density at radius 3 is 2.45 bits per heavy atom. The van der Waals surface area contributed by atoms with Gasteiger partial charge < -0.3 is 15.5 Å². The fourth-order valence-corrected chi connectivity index (χ4v) is 2.77. The number of carbonyl (C=O) groups excluding carboxylic acids is 1. The number of benzene rings is 1. The molecule has 0 spiro atoms. The summed E-state index contributed by atoms with van der Waals surface area (Å²) in [5.41, 5.74) is 0.567. The van der Waals surface area contributed by atoms with Crippen LogP contribution in [-0.4, -0.2) is 28.8 Å². The van der Waals surface area contributed by atoms with Gasteiger partial charge in [-0.3, -0.25) is 4.79 Å². The molecule has 1 aliphatic carbocycles. The first-order valence-electron chi connectivity index (χ1n) is 7.37. The molecule has 1 aliphatic rings. The minimum atomic E-state index is -1.17. The van der Waals surface area contributed by atoms with Crippen molar-refractivity contribution in [2.45, 2.75) is 44.3 Å². The molecule has 0 saturated heterocycles. The topological polar surface area (TPSA) is 69.6 Å². The van der Waals surface area contributed by atoms with Crippen LogP contribution in [0.25, 0.3) is 0 Å². The van der Waals surface area contributed by atoms with Crippen LogP contribution in [0.3, 0.4) is 0 Å². The molecular formula is C16H23NO3. The van der Waals surface area contributed by atoms with Gasteiger partial charge >= 0.3 is 0 Å². The monoisotopic (exact) mass is 277 g/mol. The zero-order chi connectivity index (χ0) is 14.4. The van der Waals surface area contributed by atoms with Crippen LogP contribution in [-0.2, 0) is 4.79 Å². The molecule has 0 aromatic heterocycles. The second-order valence-electron chi connectivity index (χ2n) is 5.52. The number of aliphatic hydroxyl groups excluding tert-OH is 2. The van der Waals surface area contributed by atoms with Crippen molar-refractivity contribution in [3.63, 3.8) is 0 Å². The summed E-state index contributed by atoms with van der Waals surface area (Å²) in [6.45, 7) is 0.216. The Morgan fingerprint density at radius 1 is 1.15 bits per heavy atom. The van der Waals surface area contributed by atoms with E-state index < -0.39 is 18.1 Å². The summed E-state index contributed by atoms with van der Waals surface area (Å²) < 4.78 is 0. The zero-order valence-electron chi connectivity index (χ0n) is 11.7. The molecule has 4 heteroatoms. The molecule has 1 saturated carbocycles. The highest BCUT2D eigenvalue weighted by molar-refractivity contribution is 5.81. The van der Waals surface area contributed by atoms with Gasteiger partial charge in [0.15, 0.2) is 6.10 Å². The molecule has 1 aromatic carbocycles. The van der Waals surface area contributed by atoms with Gasteiger partial charge in [-0.05, 0) is 24.3 Å². The molecule has 2 atom stereocenters. The molecular weight excluding hydrogens is 254 g/mol. The van der Waals surface area contributed by atoms with Crippen molar-refractivity contribution in [1.82, 2.24) is 5.32 Å². The van der Waals surface area contributed by atoms with E-state index >= 15 is 0 Å². The van der Waals surface area contributed by atoms with E-state index in [2.05, 4.69) is 5.32 Å². The highest BCUT2D eigenvalue weighted by atomic mass is 16.3. The summed E-state index contributed by atoms with van der Waals surface area (Å²) in [5.74, 6) is -0.177. The lowest BCUT2D eigenvalue weighted by Crippen LogP contribution is -2.39. The van der Waals surface area contributed by atoms with Gasteiger partial charge in [0.2, 0.25) is 0 Å². The summed E-state index contributed by atoms with van der Waals surface area (Å²) in [5, 5.41) is 22.6. The van der Waals surface area contributed by atoms with Crippen LogP contribution in [0.2, 0.25) is 0 Å². The normalized spacial score (nSPS) is 19.3. The molecule has 110 valence electrons. The summed E-state index contributed by atoms with van der Waals surface area (Å²) in [4.78, 5) is 11.9. The Kier molecular flexibility index (Phi) is 5.56. The quantitative estimate of drug-likeness (QED) is 0.768. The van der Waals surface area contributed by atoms with Gasteiger partial charge in [0.1, 0.15) is 0 Å². The summed E-state index contributed by atoms with van der Waals surface area (Å²) in [7, 11) is 0. The van der Waals surface area contributed by atoms with Crippen molar-refractivity contribution in [2.24, 2.45) is 5.92 Å². The highest BCUT2D eigenvalue weighted by Crippen LogP contribution is 2.26. The van der Waals surface area contributed by atoms with Crippen LogP contribution in [0.5, 0.6) is 0 Å². The van der Waals surface area contributed by atoms with E-state index in [4.69, 9.17) is 0 Å². The molecule has 0 bridgehead atoms. The first-order chi connectivity index (χ1) is 9.68. The number of aliphatic hydroxyl groups is 2. The van der Waals surface area contributed by atoms with Crippen LogP contribution in [0.4, 0.5) is 0 Å². The maximum atomic E-state index is 11.9. The molecule has 4 nitrogen and oxygen atoms in total. The van der Waals surface area contributed by atoms with Crippen molar-refractivity contribution >= 4 is 5.91 Å². The largest absolute Gasteiger partial charge is 0.391 e. The first kappa shape index (κ1) is 15.0. The predicted molar refractivity (Wildman–Crippen MR) is 77.0 cm³/mol. The molecule has 1 fully saturated rings. The second kappa shape index (κ2) is 7.41. The number of hydrogen-bond donors (Lipinski definition) is 3. The van der Waals surface area contributed by atoms with Gasteiger partial charge in [0.25, 0.3) is 5.91 Å². The third-order valence-corrected chi connectivity index (χ3v) is 4.04. The SMILES string of the molecule is O=C(NC[C@H](O)C1CCCCC1)[C@@H](O)c1ccccc1. The van der Waals surface area contributed by atoms with Crippen molar-refractivity contribution in [3.05, 3.63) is 35.9 Å². The van der Waals surface area contributed by atoms with E-state index in [1.54, 1.807) is 24.3 Å². The minimum Gasteiger partial charge on any atom is -0.391 e. The lowest BCUT2D eigenvalue weighted by atomic mass is 9.85. The van der Waals surface area contributed by atoms with Crippen LogP contribution >= 0.6 is 0 Å². The summed E-state index contributed by atoms with van der Waals surface area (Å²) >= 11 is 0. The van der Waals surface area contributed by atoms with Gasteiger partial charge in [-0.1, -0.05) is 49.6 Å². The average molecular weight is 277 g/mol. The van der Waals surface area contributed by atoms with Crippen LogP contribution in [0.15, 0.2) is 30.3 Å². The van der Waals surface area contributed by atoms with Gasteiger partial charge in [0, 0.05) is 6.54 Å². The van der Waals surface area contributed by atoms with Gasteiger partial charge in [0.05, 0.1) is 6.10 Å². The number of hydrogen-bond acceptors (Lipinski definition) is 3. The fourth-order valence-electron chi connectivity index (χ4n) is 2.77. The van der Waals surface area contributed by atoms with Gasteiger partial charge in [-0.25, -0.2) is 0 Å². The Balaban J connectivity index is 1.79. The standard InChI is InChI=1S/C16H23NO3/c18-14(12-7-3-1-4-8-12)11-17-16(20)15(19)13-9-5-2-6-10-13/h2,5-6,9-10,12,14-15,18-19H,1,3-4,7-8,11H2,(H,17,20)/t14-,15-/m0/s1. The molecule has 0 heterocycles. The highest BCUT2D eigenvalue weighted by Gasteiger charge is 2.23. The van der Waals surface area contributed by atoms with Crippen molar-refractivity contribution < 1.29 is 15.0 Å². The van der Waals surface area contributed by atoms with E-state index in [1.807, 2.05) is 6.07 Å². The maximum Gasteiger partial charge on any atom is 0.253 e. The number of rotatable bonds is 5. The van der Waals surface area contributed by atoms with E-state index in [-0.39, 0.29) is 12.5 Å². The predicted octanol–water partition coefficient (Wildman–Crippen LogP) is 1.78. The van der Waals surface area contributed by atoms with Gasteiger partial charge in [-0.15, -0.1) is 0 Å². The Labute approximate surface area is 119 Å². The van der Waals surface area contributed by atoms with Crippen LogP contribution < -0.4 is 5.32 Å².